The van der Waals surface area contributed by atoms with E-state index in [1.165, 1.54) is 6.07 Å². The first-order chi connectivity index (χ1) is 20.3. The number of benzodiazepines with no additional fused rings is 1. The summed E-state index contributed by atoms with van der Waals surface area (Å²) < 4.78 is 28.5. The predicted molar refractivity (Wildman–Crippen MR) is 158 cm³/mol. The van der Waals surface area contributed by atoms with Gasteiger partial charge in [0, 0.05) is 24.2 Å². The Balaban J connectivity index is 1.27. The second-order valence-corrected chi connectivity index (χ2v) is 11.9. The van der Waals surface area contributed by atoms with Crippen LogP contribution in [-0.4, -0.2) is 61.5 Å². The van der Waals surface area contributed by atoms with Crippen LogP contribution in [0.1, 0.15) is 17.5 Å². The van der Waals surface area contributed by atoms with Gasteiger partial charge in [-0.05, 0) is 29.0 Å². The van der Waals surface area contributed by atoms with E-state index < -0.39 is 46.4 Å². The summed E-state index contributed by atoms with van der Waals surface area (Å²) in [6.45, 7) is 0.103. The second-order valence-electron chi connectivity index (χ2n) is 9.98. The van der Waals surface area contributed by atoms with Crippen molar-refractivity contribution in [1.82, 2.24) is 14.9 Å². The first-order valence-electron chi connectivity index (χ1n) is 13.4. The molecule has 1 fully saturated rings. The van der Waals surface area contributed by atoms with Gasteiger partial charge in [0.1, 0.15) is 6.04 Å². The van der Waals surface area contributed by atoms with E-state index in [9.17, 15) is 22.8 Å². The Morgan fingerprint density at radius 2 is 1.60 bits per heavy atom. The van der Waals surface area contributed by atoms with Crippen molar-refractivity contribution in [3.05, 3.63) is 108 Å². The van der Waals surface area contributed by atoms with Crippen molar-refractivity contribution in [2.45, 2.75) is 23.5 Å². The van der Waals surface area contributed by atoms with Crippen LogP contribution in [-0.2, 0) is 24.4 Å². The summed E-state index contributed by atoms with van der Waals surface area (Å²) in [5.41, 5.74) is 2.49. The zero-order chi connectivity index (χ0) is 29.3. The van der Waals surface area contributed by atoms with Gasteiger partial charge < -0.3 is 16.0 Å². The Labute approximate surface area is 242 Å². The lowest BCUT2D eigenvalue weighted by atomic mass is 10.0. The first-order valence-corrected chi connectivity index (χ1v) is 14.9. The summed E-state index contributed by atoms with van der Waals surface area (Å²) in [5.74, 6) is -1.85. The van der Waals surface area contributed by atoms with Gasteiger partial charge in [0.25, 0.3) is 5.91 Å². The number of para-hydroxylation sites is 1. The van der Waals surface area contributed by atoms with Crippen molar-refractivity contribution in [2.24, 2.45) is 4.99 Å². The number of rotatable bonds is 6. The number of carbonyl (C=O) groups excluding carboxylic acids is 3. The molecule has 0 radical (unpaired) electrons. The Kier molecular flexibility index (Phi) is 7.27. The minimum atomic E-state index is -4.13. The molecule has 42 heavy (non-hydrogen) atoms. The maximum absolute atomic E-state index is 13.7. The smallest absolute Gasteiger partial charge is 0.269 e. The van der Waals surface area contributed by atoms with E-state index in [4.69, 9.17) is 0 Å². The van der Waals surface area contributed by atoms with Crippen LogP contribution in [0.25, 0.3) is 10.8 Å². The molecule has 6 rings (SSSR count). The zero-order valence-corrected chi connectivity index (χ0v) is 23.2. The third kappa shape index (κ3) is 5.27. The number of sulfonamides is 1. The Bertz CT molecular complexity index is 1840. The first kappa shape index (κ1) is 27.3. The molecule has 1 saturated heterocycles. The average molecular weight is 582 g/mol. The number of nitrogens with zero attached hydrogens (tertiary/aromatic N) is 2. The number of nitrogens with one attached hydrogen (secondary N) is 3. The molecule has 3 amide bonds. The third-order valence-electron chi connectivity index (χ3n) is 7.28. The second kappa shape index (κ2) is 11.2. The fraction of sp³-hybridized carbons (Fsp3) is 0.161. The number of piperazine rings is 1. The molecule has 2 aliphatic rings. The molecule has 4 aromatic rings. The molecule has 2 atom stereocenters. The quantitative estimate of drug-likeness (QED) is 0.322. The van der Waals surface area contributed by atoms with E-state index in [0.717, 1.165) is 20.6 Å². The fourth-order valence-corrected chi connectivity index (χ4v) is 6.83. The molecule has 212 valence electrons. The van der Waals surface area contributed by atoms with Gasteiger partial charge >= 0.3 is 0 Å². The van der Waals surface area contributed by atoms with Crippen molar-refractivity contribution >= 4 is 49.9 Å². The number of carbonyl (C=O) groups is 3. The van der Waals surface area contributed by atoms with E-state index in [0.29, 0.717) is 17.0 Å². The summed E-state index contributed by atoms with van der Waals surface area (Å²) in [5, 5.41) is 9.68. The number of aliphatic imine (C=N–C) groups is 1. The Morgan fingerprint density at radius 1 is 0.881 bits per heavy atom. The summed E-state index contributed by atoms with van der Waals surface area (Å²) in [6, 6.07) is 27.3. The average Bonchev–Trinajstić information content (AvgIpc) is 3.14. The normalized spacial score (nSPS) is 19.2. The van der Waals surface area contributed by atoms with Gasteiger partial charge in [0.2, 0.25) is 28.0 Å². The number of hydrogen-bond donors (Lipinski definition) is 3. The van der Waals surface area contributed by atoms with E-state index in [1.54, 1.807) is 24.3 Å². The van der Waals surface area contributed by atoms with E-state index in [1.807, 2.05) is 66.7 Å². The minimum absolute atomic E-state index is 0.00558. The zero-order valence-electron chi connectivity index (χ0n) is 22.4. The number of anilines is 1. The number of fused-ring (bicyclic) bond motifs is 2. The lowest BCUT2D eigenvalue weighted by Crippen LogP contribution is -2.58. The number of benzene rings is 4. The highest BCUT2D eigenvalue weighted by atomic mass is 32.2. The molecule has 4 aromatic carbocycles. The molecular formula is C31H27N5O5S. The van der Waals surface area contributed by atoms with Crippen LogP contribution in [0.4, 0.5) is 5.69 Å². The molecule has 0 aromatic heterocycles. The summed E-state index contributed by atoms with van der Waals surface area (Å²) in [6.07, 6.45) is -1.80. The molecule has 0 spiro atoms. The lowest BCUT2D eigenvalue weighted by Gasteiger charge is -2.33. The van der Waals surface area contributed by atoms with Gasteiger partial charge in [0.15, 0.2) is 0 Å². The summed E-state index contributed by atoms with van der Waals surface area (Å²) in [7, 11) is -4.13. The highest BCUT2D eigenvalue weighted by Crippen LogP contribution is 2.26. The van der Waals surface area contributed by atoms with Gasteiger partial charge in [-0.3, -0.25) is 14.4 Å². The molecule has 2 heterocycles. The van der Waals surface area contributed by atoms with Gasteiger partial charge in [-0.25, -0.2) is 13.4 Å². The molecule has 10 nitrogen and oxygen atoms in total. The topological polar surface area (TPSA) is 137 Å². The van der Waals surface area contributed by atoms with Crippen molar-refractivity contribution in [3.8, 4) is 0 Å². The van der Waals surface area contributed by atoms with Crippen LogP contribution in [0.3, 0.4) is 0 Å². The standard InChI is InChI=1S/C31H27N5O5S/c37-27(34-29-31(39)33-25-13-7-6-12-24(25)28(35-29)21-9-2-1-3-10-21)19-26-30(38)32-16-17-36(26)42(40,41)23-15-14-20-8-4-5-11-22(20)18-23/h1-15,18,26,29H,16-17,19H2,(H,32,38)(H,33,39)(H,34,37). The van der Waals surface area contributed by atoms with Crippen molar-refractivity contribution in [3.63, 3.8) is 0 Å². The molecular weight excluding hydrogens is 554 g/mol. The molecule has 2 unspecified atom stereocenters. The lowest BCUT2D eigenvalue weighted by molar-refractivity contribution is -0.132. The highest BCUT2D eigenvalue weighted by molar-refractivity contribution is 7.89. The third-order valence-corrected chi connectivity index (χ3v) is 9.18. The predicted octanol–water partition coefficient (Wildman–Crippen LogP) is 2.65. The van der Waals surface area contributed by atoms with Crippen LogP contribution in [0, 0.1) is 0 Å². The maximum atomic E-state index is 13.7. The van der Waals surface area contributed by atoms with E-state index in [-0.39, 0.29) is 18.0 Å². The van der Waals surface area contributed by atoms with Crippen LogP contribution < -0.4 is 16.0 Å². The van der Waals surface area contributed by atoms with Gasteiger partial charge in [-0.1, -0.05) is 78.9 Å². The molecule has 0 aliphatic carbocycles. The number of amides is 3. The molecule has 11 heteroatoms. The SMILES string of the molecule is O=C(CC1C(=O)NCCN1S(=O)(=O)c1ccc2ccccc2c1)NC1N=C(c2ccccc2)c2ccccc2NC1=O. The van der Waals surface area contributed by atoms with E-state index in [2.05, 4.69) is 20.9 Å². The summed E-state index contributed by atoms with van der Waals surface area (Å²) in [4.78, 5) is 44.0. The monoisotopic (exact) mass is 581 g/mol. The van der Waals surface area contributed by atoms with Crippen LogP contribution >= 0.6 is 0 Å². The fourth-order valence-electron chi connectivity index (χ4n) is 5.21. The summed E-state index contributed by atoms with van der Waals surface area (Å²) >= 11 is 0. The van der Waals surface area contributed by atoms with Gasteiger partial charge in [-0.2, -0.15) is 4.31 Å². The van der Waals surface area contributed by atoms with Crippen LogP contribution in [0.2, 0.25) is 0 Å². The van der Waals surface area contributed by atoms with E-state index >= 15 is 0 Å². The van der Waals surface area contributed by atoms with Gasteiger partial charge in [0.05, 0.1) is 22.7 Å². The Hall–Kier alpha value is -4.87. The maximum Gasteiger partial charge on any atom is 0.269 e. The van der Waals surface area contributed by atoms with Crippen molar-refractivity contribution in [1.29, 1.82) is 0 Å². The van der Waals surface area contributed by atoms with Crippen LogP contribution in [0.5, 0.6) is 0 Å². The van der Waals surface area contributed by atoms with Crippen molar-refractivity contribution < 1.29 is 22.8 Å². The highest BCUT2D eigenvalue weighted by Gasteiger charge is 2.40. The molecule has 2 aliphatic heterocycles. The molecule has 0 bridgehead atoms. The molecule has 0 saturated carbocycles. The van der Waals surface area contributed by atoms with Crippen molar-refractivity contribution in [2.75, 3.05) is 18.4 Å². The largest absolute Gasteiger partial charge is 0.353 e. The number of hydrogen-bond acceptors (Lipinski definition) is 6. The van der Waals surface area contributed by atoms with Crippen LogP contribution in [0.15, 0.2) is 107 Å². The van der Waals surface area contributed by atoms with Gasteiger partial charge in [-0.15, -0.1) is 0 Å². The Morgan fingerprint density at radius 3 is 2.40 bits per heavy atom. The molecule has 3 N–H and O–H groups in total. The minimum Gasteiger partial charge on any atom is -0.353 e.